The number of carbonyl (C=O) groups excluding carboxylic acids is 2. The smallest absolute Gasteiger partial charge is 0.331 e. The third kappa shape index (κ3) is 2.82. The molecule has 25 heavy (non-hydrogen) atoms. The standard InChI is InChI=1S/C17H15N2O5P/c1-23-16(24-25-22)19-14(20)17(18-15(19)21,12-8-4-2-5-9-12)13-10-6-3-7-11-13/h2-11,16H,1H3,(H,18,21). The molecule has 1 fully saturated rings. The lowest BCUT2D eigenvalue weighted by molar-refractivity contribution is -0.161. The summed E-state index contributed by atoms with van der Waals surface area (Å²) in [5.41, 5.74) is -0.229. The number of imide groups is 1. The molecule has 0 bridgehead atoms. The number of rotatable bonds is 6. The van der Waals surface area contributed by atoms with E-state index in [1.165, 1.54) is 7.11 Å². The molecular weight excluding hydrogens is 343 g/mol. The highest BCUT2D eigenvalue weighted by Gasteiger charge is 2.56. The van der Waals surface area contributed by atoms with Crippen LogP contribution in [0.1, 0.15) is 11.1 Å². The molecule has 1 aliphatic rings. The largest absolute Gasteiger partial charge is 0.338 e. The minimum atomic E-state index is -1.42. The van der Waals surface area contributed by atoms with E-state index in [-0.39, 0.29) is 0 Å². The van der Waals surface area contributed by atoms with Crippen LogP contribution in [-0.4, -0.2) is 30.4 Å². The Morgan fingerprint density at radius 2 is 1.52 bits per heavy atom. The highest BCUT2D eigenvalue weighted by Crippen LogP contribution is 2.37. The number of methoxy groups -OCH3 is 1. The van der Waals surface area contributed by atoms with Crippen molar-refractivity contribution in [2.45, 2.75) is 12.0 Å². The van der Waals surface area contributed by atoms with Gasteiger partial charge in [-0.15, -0.1) is 0 Å². The summed E-state index contributed by atoms with van der Waals surface area (Å²) in [5.74, 6) is -0.578. The average Bonchev–Trinajstić information content (AvgIpc) is 2.93. The van der Waals surface area contributed by atoms with Crippen molar-refractivity contribution in [2.75, 3.05) is 7.11 Å². The van der Waals surface area contributed by atoms with Crippen molar-refractivity contribution < 1.29 is 23.4 Å². The van der Waals surface area contributed by atoms with E-state index >= 15 is 0 Å². The molecule has 8 heteroatoms. The Hall–Kier alpha value is -2.60. The summed E-state index contributed by atoms with van der Waals surface area (Å²) in [7, 11) is 0.544. The Balaban J connectivity index is 2.16. The third-order valence-electron chi connectivity index (χ3n) is 4.01. The van der Waals surface area contributed by atoms with Gasteiger partial charge in [-0.25, -0.2) is 18.8 Å². The van der Waals surface area contributed by atoms with Crippen LogP contribution in [0.15, 0.2) is 60.7 Å². The van der Waals surface area contributed by atoms with Crippen molar-refractivity contribution in [3.8, 4) is 0 Å². The van der Waals surface area contributed by atoms with Crippen molar-refractivity contribution in [1.29, 1.82) is 0 Å². The summed E-state index contributed by atoms with van der Waals surface area (Å²) in [6, 6.07) is 17.1. The van der Waals surface area contributed by atoms with E-state index in [0.717, 1.165) is 4.90 Å². The number of amides is 3. The van der Waals surface area contributed by atoms with E-state index < -0.39 is 32.6 Å². The Morgan fingerprint density at radius 3 is 1.96 bits per heavy atom. The molecule has 1 aliphatic heterocycles. The summed E-state index contributed by atoms with van der Waals surface area (Å²) in [4.78, 5) is 26.6. The highest BCUT2D eigenvalue weighted by molar-refractivity contribution is 7.17. The maximum Gasteiger partial charge on any atom is 0.331 e. The highest BCUT2D eigenvalue weighted by atomic mass is 31.1. The quantitative estimate of drug-likeness (QED) is 0.487. The van der Waals surface area contributed by atoms with E-state index in [0.29, 0.717) is 11.1 Å². The Labute approximate surface area is 145 Å². The lowest BCUT2D eigenvalue weighted by Gasteiger charge is -2.28. The molecule has 2 aromatic carbocycles. The van der Waals surface area contributed by atoms with Gasteiger partial charge in [-0.05, 0) is 11.1 Å². The van der Waals surface area contributed by atoms with Crippen LogP contribution in [0.5, 0.6) is 0 Å². The summed E-state index contributed by atoms with van der Waals surface area (Å²) < 4.78 is 20.6. The van der Waals surface area contributed by atoms with Gasteiger partial charge in [0.25, 0.3) is 12.3 Å². The van der Waals surface area contributed by atoms with Crippen molar-refractivity contribution in [2.24, 2.45) is 0 Å². The van der Waals surface area contributed by atoms with Crippen LogP contribution < -0.4 is 5.32 Å². The molecule has 0 aromatic heterocycles. The molecule has 128 valence electrons. The molecule has 1 saturated heterocycles. The zero-order valence-corrected chi connectivity index (χ0v) is 14.2. The minimum absolute atomic E-state index is 0.578. The maximum atomic E-state index is 13.3. The number of urea groups is 1. The van der Waals surface area contributed by atoms with Crippen molar-refractivity contribution >= 4 is 20.6 Å². The molecule has 3 rings (SSSR count). The van der Waals surface area contributed by atoms with Gasteiger partial charge in [0.1, 0.15) is 0 Å². The minimum Gasteiger partial charge on any atom is -0.338 e. The lowest BCUT2D eigenvalue weighted by atomic mass is 9.83. The number of benzene rings is 2. The predicted molar refractivity (Wildman–Crippen MR) is 88.5 cm³/mol. The normalized spacial score (nSPS) is 17.6. The molecule has 1 heterocycles. The van der Waals surface area contributed by atoms with Crippen LogP contribution in [0.4, 0.5) is 4.79 Å². The second-order valence-electron chi connectivity index (χ2n) is 5.31. The first kappa shape index (κ1) is 17.2. The topological polar surface area (TPSA) is 84.9 Å². The predicted octanol–water partition coefficient (Wildman–Crippen LogP) is 2.64. The molecule has 0 radical (unpaired) electrons. The number of hydrogen-bond acceptors (Lipinski definition) is 5. The van der Waals surface area contributed by atoms with E-state index in [4.69, 9.17) is 9.26 Å². The molecule has 1 atom stereocenters. The first-order valence-electron chi connectivity index (χ1n) is 7.43. The second-order valence-corrected chi connectivity index (χ2v) is 5.67. The van der Waals surface area contributed by atoms with Gasteiger partial charge < -0.3 is 10.1 Å². The fourth-order valence-electron chi connectivity index (χ4n) is 2.91. The summed E-state index contributed by atoms with van der Waals surface area (Å²) in [5, 5.41) is 2.75. The van der Waals surface area contributed by atoms with E-state index in [2.05, 4.69) is 5.32 Å². The molecule has 0 aliphatic carbocycles. The fraction of sp³-hybridized carbons (Fsp3) is 0.176. The monoisotopic (exact) mass is 358 g/mol. The van der Waals surface area contributed by atoms with Gasteiger partial charge in [0.2, 0.25) is 0 Å². The van der Waals surface area contributed by atoms with E-state index in [1.807, 2.05) is 12.1 Å². The van der Waals surface area contributed by atoms with Gasteiger partial charge in [0.15, 0.2) is 5.54 Å². The van der Waals surface area contributed by atoms with Gasteiger partial charge in [0, 0.05) is 7.11 Å². The number of nitrogens with zero attached hydrogens (tertiary/aromatic N) is 1. The van der Waals surface area contributed by atoms with Crippen molar-refractivity contribution in [3.05, 3.63) is 71.8 Å². The van der Waals surface area contributed by atoms with Crippen LogP contribution in [0.25, 0.3) is 0 Å². The van der Waals surface area contributed by atoms with Crippen LogP contribution in [0.2, 0.25) is 0 Å². The van der Waals surface area contributed by atoms with Gasteiger partial charge in [-0.3, -0.25) is 4.79 Å². The second kappa shape index (κ2) is 7.11. The third-order valence-corrected chi connectivity index (χ3v) is 4.28. The Bertz CT molecular complexity index is 745. The van der Waals surface area contributed by atoms with Gasteiger partial charge in [0.05, 0.1) is 0 Å². The summed E-state index contributed by atoms with van der Waals surface area (Å²) in [6.45, 7) is 0. The molecule has 0 saturated carbocycles. The molecule has 0 spiro atoms. The summed E-state index contributed by atoms with van der Waals surface area (Å²) in [6.07, 6.45) is -1.40. The molecular formula is C17H15N2O5P. The first-order chi connectivity index (χ1) is 12.1. The van der Waals surface area contributed by atoms with Crippen LogP contribution in [0, 0.1) is 0 Å². The molecule has 7 nitrogen and oxygen atoms in total. The molecule has 2 aromatic rings. The number of hydrogen-bond donors (Lipinski definition) is 1. The van der Waals surface area contributed by atoms with Gasteiger partial charge >= 0.3 is 14.7 Å². The first-order valence-corrected chi connectivity index (χ1v) is 8.16. The Kier molecular flexibility index (Phi) is 4.90. The average molecular weight is 358 g/mol. The number of ether oxygens (including phenoxy) is 1. The fourth-order valence-corrected chi connectivity index (χ4v) is 3.16. The van der Waals surface area contributed by atoms with Crippen LogP contribution in [0.3, 0.4) is 0 Å². The Morgan fingerprint density at radius 1 is 1.00 bits per heavy atom. The van der Waals surface area contributed by atoms with Gasteiger partial charge in [-0.1, -0.05) is 60.7 Å². The number of nitrogens with one attached hydrogen (secondary N) is 1. The van der Waals surface area contributed by atoms with Gasteiger partial charge in [-0.2, -0.15) is 0 Å². The molecule has 1 N–H and O–H groups in total. The van der Waals surface area contributed by atoms with Crippen LogP contribution >= 0.6 is 8.69 Å². The van der Waals surface area contributed by atoms with Crippen LogP contribution in [-0.2, 0) is 24.2 Å². The molecule has 3 amide bonds. The maximum absolute atomic E-state index is 13.3. The number of carbonyl (C=O) groups is 2. The molecule has 1 unspecified atom stereocenters. The van der Waals surface area contributed by atoms with Crippen molar-refractivity contribution in [1.82, 2.24) is 10.2 Å². The van der Waals surface area contributed by atoms with E-state index in [1.54, 1.807) is 48.5 Å². The SMILES string of the molecule is COC(OP=O)N1C(=O)NC(c2ccccc2)(c2ccccc2)C1=O. The van der Waals surface area contributed by atoms with Crippen molar-refractivity contribution in [3.63, 3.8) is 0 Å². The zero-order chi connectivity index (χ0) is 17.9. The summed E-state index contributed by atoms with van der Waals surface area (Å²) >= 11 is 0. The zero-order valence-electron chi connectivity index (χ0n) is 13.3. The lowest BCUT2D eigenvalue weighted by Crippen LogP contribution is -2.46. The van der Waals surface area contributed by atoms with E-state index in [9.17, 15) is 14.2 Å².